The van der Waals surface area contributed by atoms with Crippen LogP contribution in [0.5, 0.6) is 0 Å². The van der Waals surface area contributed by atoms with Gasteiger partial charge in [0.15, 0.2) is 0 Å². The van der Waals surface area contributed by atoms with E-state index in [2.05, 4.69) is 5.32 Å². The summed E-state index contributed by atoms with van der Waals surface area (Å²) in [5.41, 5.74) is 6.86. The number of nitrogens with one attached hydrogen (secondary N) is 1. The highest BCUT2D eigenvalue weighted by molar-refractivity contribution is 5.94. The lowest BCUT2D eigenvalue weighted by atomic mass is 10.2. The monoisotopic (exact) mass is 262 g/mol. The molecule has 0 atom stereocenters. The highest BCUT2D eigenvalue weighted by Gasteiger charge is 2.14. The SMILES string of the molecule is Nc1cccc(C(=O)NCCCOC2CCCC2)c1. The molecule has 4 heteroatoms. The Labute approximate surface area is 114 Å². The zero-order valence-corrected chi connectivity index (χ0v) is 11.2. The van der Waals surface area contributed by atoms with Crippen molar-refractivity contribution >= 4 is 11.6 Å². The van der Waals surface area contributed by atoms with Crippen molar-refractivity contribution in [1.29, 1.82) is 0 Å². The average Bonchev–Trinajstić information content (AvgIpc) is 2.91. The molecule has 3 N–H and O–H groups in total. The first-order valence-electron chi connectivity index (χ1n) is 7.01. The summed E-state index contributed by atoms with van der Waals surface area (Å²) in [5.74, 6) is -0.0758. The first-order chi connectivity index (χ1) is 9.25. The van der Waals surface area contributed by atoms with Crippen LogP contribution in [0.1, 0.15) is 42.5 Å². The third-order valence-electron chi connectivity index (χ3n) is 3.41. The number of benzene rings is 1. The highest BCUT2D eigenvalue weighted by atomic mass is 16.5. The third-order valence-corrected chi connectivity index (χ3v) is 3.41. The molecule has 0 aliphatic heterocycles. The minimum Gasteiger partial charge on any atom is -0.399 e. The molecule has 4 nitrogen and oxygen atoms in total. The summed E-state index contributed by atoms with van der Waals surface area (Å²) in [5, 5.41) is 2.88. The van der Waals surface area contributed by atoms with Gasteiger partial charge < -0.3 is 15.8 Å². The van der Waals surface area contributed by atoms with E-state index in [1.165, 1.54) is 25.7 Å². The van der Waals surface area contributed by atoms with Gasteiger partial charge in [0, 0.05) is 24.4 Å². The summed E-state index contributed by atoms with van der Waals surface area (Å²) < 4.78 is 5.74. The first kappa shape index (κ1) is 13.9. The summed E-state index contributed by atoms with van der Waals surface area (Å²) in [7, 11) is 0. The van der Waals surface area contributed by atoms with Gasteiger partial charge in [0.05, 0.1) is 6.10 Å². The fourth-order valence-corrected chi connectivity index (χ4v) is 2.36. The molecule has 1 aromatic carbocycles. The molecule has 0 heterocycles. The molecule has 0 radical (unpaired) electrons. The van der Waals surface area contributed by atoms with E-state index in [-0.39, 0.29) is 5.91 Å². The Hall–Kier alpha value is -1.55. The van der Waals surface area contributed by atoms with Crippen molar-refractivity contribution in [2.75, 3.05) is 18.9 Å². The van der Waals surface area contributed by atoms with Gasteiger partial charge >= 0.3 is 0 Å². The normalized spacial score (nSPS) is 15.6. The number of anilines is 1. The Morgan fingerprint density at radius 2 is 2.16 bits per heavy atom. The second-order valence-electron chi connectivity index (χ2n) is 5.01. The van der Waals surface area contributed by atoms with Crippen LogP contribution in [0.25, 0.3) is 0 Å². The average molecular weight is 262 g/mol. The summed E-state index contributed by atoms with van der Waals surface area (Å²) in [4.78, 5) is 11.8. The molecule has 1 aromatic rings. The van der Waals surface area contributed by atoms with Crippen LogP contribution in [0, 0.1) is 0 Å². The molecule has 19 heavy (non-hydrogen) atoms. The van der Waals surface area contributed by atoms with Crippen LogP contribution in [0.4, 0.5) is 5.69 Å². The summed E-state index contributed by atoms with van der Waals surface area (Å²) >= 11 is 0. The maximum absolute atomic E-state index is 11.8. The molecule has 1 saturated carbocycles. The molecule has 2 rings (SSSR count). The van der Waals surface area contributed by atoms with Crippen LogP contribution in [0.2, 0.25) is 0 Å². The van der Waals surface area contributed by atoms with Crippen LogP contribution >= 0.6 is 0 Å². The number of ether oxygens (including phenoxy) is 1. The standard InChI is InChI=1S/C15H22N2O2/c16-13-6-3-5-12(11-13)15(18)17-9-4-10-19-14-7-1-2-8-14/h3,5-6,11,14H,1-2,4,7-10,16H2,(H,17,18). The van der Waals surface area contributed by atoms with E-state index < -0.39 is 0 Å². The van der Waals surface area contributed by atoms with Crippen molar-refractivity contribution in [3.8, 4) is 0 Å². The van der Waals surface area contributed by atoms with Gasteiger partial charge in [0.25, 0.3) is 5.91 Å². The van der Waals surface area contributed by atoms with Gasteiger partial charge in [-0.25, -0.2) is 0 Å². The fourth-order valence-electron chi connectivity index (χ4n) is 2.36. The van der Waals surface area contributed by atoms with Crippen molar-refractivity contribution in [1.82, 2.24) is 5.32 Å². The van der Waals surface area contributed by atoms with E-state index in [1.54, 1.807) is 24.3 Å². The van der Waals surface area contributed by atoms with Crippen molar-refractivity contribution in [3.05, 3.63) is 29.8 Å². The second kappa shape index (κ2) is 7.14. The Kier molecular flexibility index (Phi) is 5.21. The Morgan fingerprint density at radius 3 is 2.89 bits per heavy atom. The molecule has 1 aliphatic carbocycles. The molecule has 0 bridgehead atoms. The predicted octanol–water partition coefficient (Wildman–Crippen LogP) is 2.35. The number of hydrogen-bond acceptors (Lipinski definition) is 3. The van der Waals surface area contributed by atoms with E-state index in [0.717, 1.165) is 13.0 Å². The van der Waals surface area contributed by atoms with Gasteiger partial charge in [-0.05, 0) is 37.5 Å². The molecule has 1 fully saturated rings. The molecule has 1 amide bonds. The number of carbonyl (C=O) groups is 1. The number of hydrogen-bond donors (Lipinski definition) is 2. The van der Waals surface area contributed by atoms with Crippen LogP contribution in [-0.2, 0) is 4.74 Å². The largest absolute Gasteiger partial charge is 0.399 e. The van der Waals surface area contributed by atoms with Crippen molar-refractivity contribution in [2.45, 2.75) is 38.2 Å². The lowest BCUT2D eigenvalue weighted by Gasteiger charge is -2.11. The minimum atomic E-state index is -0.0758. The van der Waals surface area contributed by atoms with Gasteiger partial charge in [0.2, 0.25) is 0 Å². The first-order valence-corrected chi connectivity index (χ1v) is 7.01. The maximum Gasteiger partial charge on any atom is 0.251 e. The Balaban J connectivity index is 1.61. The minimum absolute atomic E-state index is 0.0758. The van der Waals surface area contributed by atoms with E-state index >= 15 is 0 Å². The second-order valence-corrected chi connectivity index (χ2v) is 5.01. The smallest absolute Gasteiger partial charge is 0.251 e. The molecule has 104 valence electrons. The third kappa shape index (κ3) is 4.56. The fraction of sp³-hybridized carbons (Fsp3) is 0.533. The van der Waals surface area contributed by atoms with Crippen LogP contribution in [0.15, 0.2) is 24.3 Å². The number of rotatable bonds is 6. The molecule has 0 saturated heterocycles. The van der Waals surface area contributed by atoms with Gasteiger partial charge in [-0.1, -0.05) is 18.9 Å². The van der Waals surface area contributed by atoms with Gasteiger partial charge in [-0.3, -0.25) is 4.79 Å². The topological polar surface area (TPSA) is 64.4 Å². The van der Waals surface area contributed by atoms with E-state index in [4.69, 9.17) is 10.5 Å². The Morgan fingerprint density at radius 1 is 1.37 bits per heavy atom. The van der Waals surface area contributed by atoms with Gasteiger partial charge in [-0.15, -0.1) is 0 Å². The summed E-state index contributed by atoms with van der Waals surface area (Å²) in [6.07, 6.45) is 6.26. The highest BCUT2D eigenvalue weighted by Crippen LogP contribution is 2.20. The van der Waals surface area contributed by atoms with Crippen LogP contribution in [-0.4, -0.2) is 25.2 Å². The van der Waals surface area contributed by atoms with E-state index in [0.29, 0.717) is 23.9 Å². The number of amides is 1. The van der Waals surface area contributed by atoms with Crippen LogP contribution < -0.4 is 11.1 Å². The summed E-state index contributed by atoms with van der Waals surface area (Å²) in [6.45, 7) is 1.36. The number of nitrogens with two attached hydrogens (primary N) is 1. The molecule has 0 spiro atoms. The molecule has 1 aliphatic rings. The zero-order valence-electron chi connectivity index (χ0n) is 11.2. The van der Waals surface area contributed by atoms with Crippen molar-refractivity contribution in [3.63, 3.8) is 0 Å². The lowest BCUT2D eigenvalue weighted by molar-refractivity contribution is 0.0565. The molecule has 0 aromatic heterocycles. The van der Waals surface area contributed by atoms with E-state index in [1.807, 2.05) is 0 Å². The quantitative estimate of drug-likeness (QED) is 0.611. The van der Waals surface area contributed by atoms with E-state index in [9.17, 15) is 4.79 Å². The molecular weight excluding hydrogens is 240 g/mol. The predicted molar refractivity (Wildman–Crippen MR) is 76.0 cm³/mol. The van der Waals surface area contributed by atoms with Crippen molar-refractivity contribution in [2.24, 2.45) is 0 Å². The molecular formula is C15H22N2O2. The van der Waals surface area contributed by atoms with Crippen LogP contribution in [0.3, 0.4) is 0 Å². The van der Waals surface area contributed by atoms with Gasteiger partial charge in [0.1, 0.15) is 0 Å². The Bertz CT molecular complexity index is 414. The van der Waals surface area contributed by atoms with Gasteiger partial charge in [-0.2, -0.15) is 0 Å². The lowest BCUT2D eigenvalue weighted by Crippen LogP contribution is -2.25. The zero-order chi connectivity index (χ0) is 13.5. The number of nitrogen functional groups attached to an aromatic ring is 1. The molecule has 0 unspecified atom stereocenters. The number of carbonyl (C=O) groups excluding carboxylic acids is 1. The van der Waals surface area contributed by atoms with Crippen molar-refractivity contribution < 1.29 is 9.53 Å². The summed E-state index contributed by atoms with van der Waals surface area (Å²) in [6, 6.07) is 7.00. The maximum atomic E-state index is 11.8.